The highest BCUT2D eigenvalue weighted by Crippen LogP contribution is 2.46. The molecule has 1 saturated carbocycles. The lowest BCUT2D eigenvalue weighted by molar-refractivity contribution is -0.129. The van der Waals surface area contributed by atoms with Crippen molar-refractivity contribution in [3.8, 4) is 5.75 Å². The summed E-state index contributed by atoms with van der Waals surface area (Å²) in [6.45, 7) is 0.413. The van der Waals surface area contributed by atoms with E-state index in [0.29, 0.717) is 46.8 Å². The first-order chi connectivity index (χ1) is 20.1. The van der Waals surface area contributed by atoms with Gasteiger partial charge in [-0.2, -0.15) is 0 Å². The summed E-state index contributed by atoms with van der Waals surface area (Å²) in [5.41, 5.74) is 19.3. The van der Waals surface area contributed by atoms with Gasteiger partial charge in [-0.3, -0.25) is 4.79 Å². The molecule has 0 radical (unpaired) electrons. The summed E-state index contributed by atoms with van der Waals surface area (Å²) < 4.78 is 12.1. The summed E-state index contributed by atoms with van der Waals surface area (Å²) in [6, 6.07) is 21.1. The van der Waals surface area contributed by atoms with E-state index in [1.165, 1.54) is 0 Å². The predicted molar refractivity (Wildman–Crippen MR) is 152 cm³/mol. The van der Waals surface area contributed by atoms with Crippen molar-refractivity contribution in [1.29, 1.82) is 0 Å². The Balaban J connectivity index is 1.63. The lowest BCUT2D eigenvalue weighted by Crippen LogP contribution is -2.50. The fourth-order valence-corrected chi connectivity index (χ4v) is 4.74. The number of ether oxygens (including phenoxy) is 2. The van der Waals surface area contributed by atoms with Crippen LogP contribution in [-0.2, 0) is 16.0 Å². The fraction of sp³-hybridized carbons (Fsp3) is 0.310. The van der Waals surface area contributed by atoms with Gasteiger partial charge in [0.1, 0.15) is 5.75 Å². The van der Waals surface area contributed by atoms with Crippen LogP contribution in [0.4, 0.5) is 11.4 Å². The molecule has 0 spiro atoms. The number of nitrogens with zero attached hydrogens (tertiary/aromatic N) is 7. The zero-order valence-corrected chi connectivity index (χ0v) is 22.1. The molecule has 1 aliphatic heterocycles. The van der Waals surface area contributed by atoms with Crippen LogP contribution in [-0.4, -0.2) is 41.7 Å². The van der Waals surface area contributed by atoms with Gasteiger partial charge < -0.3 is 19.9 Å². The zero-order chi connectivity index (χ0) is 28.7. The summed E-state index contributed by atoms with van der Waals surface area (Å²) in [6.07, 6.45) is 1.35. The Kier molecular flexibility index (Phi) is 8.36. The molecule has 12 nitrogen and oxygen atoms in total. The van der Waals surface area contributed by atoms with Crippen molar-refractivity contribution < 1.29 is 19.4 Å². The third kappa shape index (κ3) is 6.10. The monoisotopic (exact) mass is 552 g/mol. The number of benzene rings is 3. The average molecular weight is 553 g/mol. The SMILES string of the molecule is [N-]=[N+]=Nc1ccccc1C[C@@]1(C(=O)NC2CC2)N=C(c2ccc(OCCCO)cc2)O[C@@H]1c1ccccc1N=[N+]=[N-]. The van der Waals surface area contributed by atoms with Crippen LogP contribution in [0.5, 0.6) is 5.75 Å². The normalized spacial score (nSPS) is 19.2. The number of carbonyl (C=O) groups excluding carboxylic acids is 1. The maximum atomic E-state index is 14.2. The highest BCUT2D eigenvalue weighted by molar-refractivity contribution is 6.01. The Morgan fingerprint density at radius 1 is 1.02 bits per heavy atom. The Morgan fingerprint density at radius 3 is 2.41 bits per heavy atom. The third-order valence-electron chi connectivity index (χ3n) is 6.92. The summed E-state index contributed by atoms with van der Waals surface area (Å²) in [4.78, 5) is 25.1. The van der Waals surface area contributed by atoms with Crippen LogP contribution in [0.2, 0.25) is 0 Å². The minimum absolute atomic E-state index is 0.0365. The molecule has 208 valence electrons. The van der Waals surface area contributed by atoms with Crippen molar-refractivity contribution in [3.63, 3.8) is 0 Å². The summed E-state index contributed by atoms with van der Waals surface area (Å²) in [5, 5.41) is 19.8. The Labute approximate surface area is 235 Å². The molecule has 1 aliphatic carbocycles. The standard InChI is InChI=1S/C29H28N8O4/c30-36-34-24-8-3-1-6-20(24)18-29(28(39)32-21-12-13-21)26(23-7-2-4-9-25(23)35-37-31)41-27(33-29)19-10-14-22(15-11-19)40-17-5-16-38/h1-4,6-11,14-15,21,26,38H,5,12-13,16-18H2,(H,32,39)/t26-,29-/m1/s1. The topological polar surface area (TPSA) is 178 Å². The molecular weight excluding hydrogens is 524 g/mol. The summed E-state index contributed by atoms with van der Waals surface area (Å²) in [7, 11) is 0. The van der Waals surface area contributed by atoms with Gasteiger partial charge in [-0.25, -0.2) is 4.99 Å². The van der Waals surface area contributed by atoms with Crippen LogP contribution in [0.15, 0.2) is 88.0 Å². The first-order valence-corrected chi connectivity index (χ1v) is 13.3. The van der Waals surface area contributed by atoms with Crippen LogP contribution in [0.25, 0.3) is 20.9 Å². The number of aliphatic hydroxyl groups is 1. The number of hydrogen-bond acceptors (Lipinski definition) is 7. The summed E-state index contributed by atoms with van der Waals surface area (Å²) >= 11 is 0. The molecule has 3 aromatic carbocycles. The van der Waals surface area contributed by atoms with E-state index in [1.54, 1.807) is 72.8 Å². The van der Waals surface area contributed by atoms with E-state index in [1.807, 2.05) is 0 Å². The molecule has 1 heterocycles. The largest absolute Gasteiger partial charge is 0.494 e. The molecule has 2 aliphatic rings. The predicted octanol–water partition coefficient (Wildman–Crippen LogP) is 6.11. The van der Waals surface area contributed by atoms with Crippen LogP contribution < -0.4 is 10.1 Å². The average Bonchev–Trinajstić information content (AvgIpc) is 3.73. The number of azide groups is 2. The van der Waals surface area contributed by atoms with E-state index >= 15 is 0 Å². The number of aliphatic imine (C=N–C) groups is 1. The second kappa shape index (κ2) is 12.4. The Bertz CT molecular complexity index is 1540. The molecule has 0 saturated heterocycles. The number of hydrogen-bond donors (Lipinski definition) is 2. The molecule has 2 N–H and O–H groups in total. The lowest BCUT2D eigenvalue weighted by Gasteiger charge is -2.31. The van der Waals surface area contributed by atoms with Gasteiger partial charge in [0.25, 0.3) is 5.91 Å². The van der Waals surface area contributed by atoms with E-state index in [4.69, 9.17) is 25.1 Å². The van der Waals surface area contributed by atoms with Gasteiger partial charge in [0.2, 0.25) is 5.90 Å². The molecular formula is C29H28N8O4. The van der Waals surface area contributed by atoms with E-state index < -0.39 is 11.6 Å². The fourth-order valence-electron chi connectivity index (χ4n) is 4.74. The minimum Gasteiger partial charge on any atom is -0.494 e. The Morgan fingerprint density at radius 2 is 1.71 bits per heavy atom. The van der Waals surface area contributed by atoms with Gasteiger partial charge in [0, 0.05) is 57.8 Å². The maximum absolute atomic E-state index is 14.2. The first kappa shape index (κ1) is 27.5. The van der Waals surface area contributed by atoms with Gasteiger partial charge in [0.15, 0.2) is 11.6 Å². The van der Waals surface area contributed by atoms with Crippen LogP contribution in [0, 0.1) is 0 Å². The van der Waals surface area contributed by atoms with Crippen molar-refractivity contribution in [2.75, 3.05) is 13.2 Å². The van der Waals surface area contributed by atoms with Crippen molar-refractivity contribution in [3.05, 3.63) is 110 Å². The highest BCUT2D eigenvalue weighted by atomic mass is 16.5. The van der Waals surface area contributed by atoms with E-state index in [2.05, 4.69) is 25.4 Å². The molecule has 2 atom stereocenters. The molecule has 5 rings (SSSR count). The molecule has 0 unspecified atom stereocenters. The van der Waals surface area contributed by atoms with Gasteiger partial charge in [-0.05, 0) is 53.7 Å². The second-order valence-electron chi connectivity index (χ2n) is 9.78. The van der Waals surface area contributed by atoms with E-state index in [-0.39, 0.29) is 30.9 Å². The highest BCUT2D eigenvalue weighted by Gasteiger charge is 2.54. The van der Waals surface area contributed by atoms with E-state index in [0.717, 1.165) is 12.8 Å². The number of amides is 1. The summed E-state index contributed by atoms with van der Waals surface area (Å²) in [5.74, 6) is 0.516. The quantitative estimate of drug-likeness (QED) is 0.119. The smallest absolute Gasteiger partial charge is 0.252 e. The molecule has 1 amide bonds. The number of nitrogens with one attached hydrogen (secondary N) is 1. The number of carbonyl (C=O) groups is 1. The maximum Gasteiger partial charge on any atom is 0.252 e. The van der Waals surface area contributed by atoms with Crippen LogP contribution in [0.1, 0.15) is 42.1 Å². The van der Waals surface area contributed by atoms with Crippen molar-refractivity contribution in [2.45, 2.75) is 43.4 Å². The molecule has 3 aromatic rings. The van der Waals surface area contributed by atoms with E-state index in [9.17, 15) is 10.3 Å². The van der Waals surface area contributed by atoms with Crippen LogP contribution >= 0.6 is 0 Å². The third-order valence-corrected chi connectivity index (χ3v) is 6.92. The zero-order valence-electron chi connectivity index (χ0n) is 22.1. The van der Waals surface area contributed by atoms with Gasteiger partial charge in [-0.15, -0.1) is 0 Å². The molecule has 1 fully saturated rings. The van der Waals surface area contributed by atoms with Gasteiger partial charge in [0.05, 0.1) is 6.61 Å². The van der Waals surface area contributed by atoms with Crippen molar-refractivity contribution in [1.82, 2.24) is 5.32 Å². The van der Waals surface area contributed by atoms with Crippen LogP contribution in [0.3, 0.4) is 0 Å². The minimum atomic E-state index is -1.52. The molecule has 0 aromatic heterocycles. The van der Waals surface area contributed by atoms with Crippen molar-refractivity contribution >= 4 is 23.2 Å². The lowest BCUT2D eigenvalue weighted by atomic mass is 9.81. The van der Waals surface area contributed by atoms with Gasteiger partial charge >= 0.3 is 0 Å². The number of rotatable bonds is 12. The first-order valence-electron chi connectivity index (χ1n) is 13.3. The molecule has 0 bridgehead atoms. The molecule has 41 heavy (non-hydrogen) atoms. The second-order valence-corrected chi connectivity index (χ2v) is 9.78. The molecule has 12 heteroatoms. The van der Waals surface area contributed by atoms with Gasteiger partial charge in [-0.1, -0.05) is 58.8 Å². The Hall–Kier alpha value is -5.02. The number of aliphatic hydroxyl groups excluding tert-OH is 1. The van der Waals surface area contributed by atoms with Crippen molar-refractivity contribution in [2.24, 2.45) is 15.2 Å².